The van der Waals surface area contributed by atoms with Crippen molar-refractivity contribution in [2.75, 3.05) is 6.67 Å². The summed E-state index contributed by atoms with van der Waals surface area (Å²) in [6, 6.07) is 0.945. The summed E-state index contributed by atoms with van der Waals surface area (Å²) in [5.41, 5.74) is -8.85. The Morgan fingerprint density at radius 3 is 2.54 bits per heavy atom. The van der Waals surface area contributed by atoms with Gasteiger partial charge in [0.15, 0.2) is 17.4 Å². The third-order valence-electron chi connectivity index (χ3n) is 4.48. The molecule has 5 atom stereocenters. The number of nitrogens with one attached hydrogen (secondary N) is 1. The number of aromatic nitrogens is 2. The van der Waals surface area contributed by atoms with Crippen LogP contribution in [0.2, 0.25) is 0 Å². The van der Waals surface area contributed by atoms with Crippen LogP contribution in [0.4, 0.5) is 4.39 Å². The van der Waals surface area contributed by atoms with Gasteiger partial charge in [0, 0.05) is 12.3 Å². The van der Waals surface area contributed by atoms with Crippen molar-refractivity contribution < 1.29 is 38.2 Å². The summed E-state index contributed by atoms with van der Waals surface area (Å²) in [6.45, 7) is -0.450. The molecular formula is C11H14FN2O9P. The Hall–Kier alpha value is -1.40. The molecule has 134 valence electrons. The maximum absolute atomic E-state index is 13.5. The molecule has 0 amide bonds. The third-order valence-corrected chi connectivity index (χ3v) is 4.97. The second kappa shape index (κ2) is 4.82. The van der Waals surface area contributed by atoms with Crippen LogP contribution in [-0.4, -0.2) is 59.1 Å². The van der Waals surface area contributed by atoms with Gasteiger partial charge in [-0.2, -0.15) is 0 Å². The molecule has 3 rings (SSSR count). The van der Waals surface area contributed by atoms with Crippen LogP contribution in [0.3, 0.4) is 0 Å². The van der Waals surface area contributed by atoms with Crippen LogP contribution in [0.5, 0.6) is 0 Å². The molecule has 2 fully saturated rings. The summed E-state index contributed by atoms with van der Waals surface area (Å²) in [7, 11) is -5.11. The number of hydrogen-bond donors (Lipinski definition) is 5. The van der Waals surface area contributed by atoms with Crippen molar-refractivity contribution in [2.45, 2.75) is 36.1 Å². The topological polar surface area (TPSA) is 171 Å². The van der Waals surface area contributed by atoms with E-state index in [1.807, 2.05) is 4.98 Å². The van der Waals surface area contributed by atoms with Gasteiger partial charge in [0.05, 0.1) is 0 Å². The van der Waals surface area contributed by atoms with E-state index in [9.17, 15) is 28.8 Å². The average molecular weight is 368 g/mol. The number of fused-ring (bicyclic) bond motifs is 1. The molecule has 2 heterocycles. The van der Waals surface area contributed by atoms with Crippen molar-refractivity contribution in [1.82, 2.24) is 9.55 Å². The molecule has 0 bridgehead atoms. The summed E-state index contributed by atoms with van der Waals surface area (Å²) >= 11 is 0. The second-order valence-electron chi connectivity index (χ2n) is 5.90. The summed E-state index contributed by atoms with van der Waals surface area (Å²) in [5.74, 6) is 0. The first-order valence-electron chi connectivity index (χ1n) is 6.64. The molecule has 2 aliphatic rings. The standard InChI is InChI=1S/C11H14FN2O9P/c1-9(17)7(14-3-2-5(15)13-8(14)16)22-10(4-12)6(11(9,10)18)23-24(19,20)21/h2-3,6-7,17-18H,4H2,1H3,(H,13,15,16)(H2,19,20,21). The van der Waals surface area contributed by atoms with E-state index in [1.165, 1.54) is 0 Å². The largest absolute Gasteiger partial charge is 0.470 e. The molecule has 1 saturated carbocycles. The lowest BCUT2D eigenvalue weighted by molar-refractivity contribution is -0.166. The maximum Gasteiger partial charge on any atom is 0.470 e. The predicted molar refractivity (Wildman–Crippen MR) is 72.6 cm³/mol. The molecule has 0 aromatic carbocycles. The number of alkyl halides is 1. The van der Waals surface area contributed by atoms with E-state index in [0.717, 1.165) is 23.8 Å². The Morgan fingerprint density at radius 2 is 2.08 bits per heavy atom. The predicted octanol–water partition coefficient (Wildman–Crippen LogP) is -2.25. The summed E-state index contributed by atoms with van der Waals surface area (Å²) < 4.78 is 34.8. The minimum atomic E-state index is -5.11. The first kappa shape index (κ1) is 17.4. The number of aromatic amines is 1. The zero-order valence-corrected chi connectivity index (χ0v) is 13.0. The van der Waals surface area contributed by atoms with E-state index >= 15 is 0 Å². The lowest BCUT2D eigenvalue weighted by atomic mass is 9.94. The average Bonchev–Trinajstić information content (AvgIpc) is 2.87. The number of hydrogen-bond acceptors (Lipinski definition) is 7. The van der Waals surface area contributed by atoms with Crippen LogP contribution in [0, 0.1) is 0 Å². The van der Waals surface area contributed by atoms with Crippen molar-refractivity contribution in [1.29, 1.82) is 0 Å². The highest BCUT2D eigenvalue weighted by Gasteiger charge is 2.93. The molecule has 1 saturated heterocycles. The molecule has 0 radical (unpaired) electrons. The maximum atomic E-state index is 13.5. The monoisotopic (exact) mass is 368 g/mol. The summed E-state index contributed by atoms with van der Waals surface area (Å²) in [6.07, 6.45) is -2.50. The highest BCUT2D eigenvalue weighted by molar-refractivity contribution is 7.46. The van der Waals surface area contributed by atoms with Crippen LogP contribution in [0.25, 0.3) is 0 Å². The Morgan fingerprint density at radius 1 is 1.46 bits per heavy atom. The number of aliphatic hydroxyl groups is 2. The fourth-order valence-corrected chi connectivity index (χ4v) is 3.84. The highest BCUT2D eigenvalue weighted by Crippen LogP contribution is 2.70. The summed E-state index contributed by atoms with van der Waals surface area (Å²) in [4.78, 5) is 42.5. The summed E-state index contributed by atoms with van der Waals surface area (Å²) in [5, 5.41) is 21.2. The Labute approximate surface area is 132 Å². The number of ether oxygens (including phenoxy) is 1. The SMILES string of the molecule is CC1(O)C(n2ccc(=O)[nH]c2=O)OC2(CF)C(OP(=O)(O)O)C12O. The molecule has 11 nitrogen and oxygen atoms in total. The van der Waals surface area contributed by atoms with Crippen molar-refractivity contribution in [3.8, 4) is 0 Å². The van der Waals surface area contributed by atoms with E-state index in [4.69, 9.17) is 14.5 Å². The quantitative estimate of drug-likeness (QED) is 0.368. The molecule has 1 aliphatic heterocycles. The van der Waals surface area contributed by atoms with Crippen LogP contribution >= 0.6 is 7.82 Å². The van der Waals surface area contributed by atoms with Crippen molar-refractivity contribution in [2.24, 2.45) is 0 Å². The van der Waals surface area contributed by atoms with Gasteiger partial charge in [-0.3, -0.25) is 18.9 Å². The number of H-pyrrole nitrogens is 1. The van der Waals surface area contributed by atoms with Gasteiger partial charge in [-0.1, -0.05) is 0 Å². The molecule has 5 N–H and O–H groups in total. The third kappa shape index (κ3) is 2.02. The highest BCUT2D eigenvalue weighted by atomic mass is 31.2. The molecular weight excluding hydrogens is 354 g/mol. The zero-order valence-electron chi connectivity index (χ0n) is 12.1. The Balaban J connectivity index is 2.04. The van der Waals surface area contributed by atoms with E-state index in [2.05, 4.69) is 4.52 Å². The number of phosphoric ester groups is 1. The van der Waals surface area contributed by atoms with Gasteiger partial charge >= 0.3 is 13.5 Å². The Kier molecular flexibility index (Phi) is 3.50. The van der Waals surface area contributed by atoms with Crippen LogP contribution in [-0.2, 0) is 13.8 Å². The van der Waals surface area contributed by atoms with Crippen molar-refractivity contribution in [3.63, 3.8) is 0 Å². The molecule has 1 aliphatic carbocycles. The normalized spacial score (nSPS) is 41.2. The number of phosphoric acid groups is 1. The Bertz CT molecular complexity index is 846. The van der Waals surface area contributed by atoms with Gasteiger partial charge in [-0.25, -0.2) is 13.8 Å². The second-order valence-corrected chi connectivity index (χ2v) is 7.09. The fourth-order valence-electron chi connectivity index (χ4n) is 3.25. The first-order chi connectivity index (χ1) is 10.9. The van der Waals surface area contributed by atoms with E-state index in [-0.39, 0.29) is 0 Å². The fraction of sp³-hybridized carbons (Fsp3) is 0.636. The van der Waals surface area contributed by atoms with Gasteiger partial charge < -0.3 is 24.7 Å². The van der Waals surface area contributed by atoms with E-state index in [1.54, 1.807) is 0 Å². The molecule has 24 heavy (non-hydrogen) atoms. The van der Waals surface area contributed by atoms with Gasteiger partial charge in [-0.15, -0.1) is 0 Å². The van der Waals surface area contributed by atoms with E-state index < -0.39 is 54.9 Å². The zero-order chi connectivity index (χ0) is 18.1. The van der Waals surface area contributed by atoms with Gasteiger partial charge in [0.2, 0.25) is 0 Å². The lowest BCUT2D eigenvalue weighted by Crippen LogP contribution is -2.51. The van der Waals surface area contributed by atoms with Gasteiger partial charge in [0.25, 0.3) is 5.56 Å². The number of rotatable bonds is 4. The molecule has 5 unspecified atom stereocenters. The molecule has 1 aromatic heterocycles. The first-order valence-corrected chi connectivity index (χ1v) is 8.18. The van der Waals surface area contributed by atoms with Crippen LogP contribution in [0.1, 0.15) is 13.2 Å². The van der Waals surface area contributed by atoms with E-state index in [0.29, 0.717) is 0 Å². The van der Waals surface area contributed by atoms with Crippen molar-refractivity contribution in [3.05, 3.63) is 33.1 Å². The minimum absolute atomic E-state index is 0.720. The smallest absolute Gasteiger partial charge is 0.382 e. The van der Waals surface area contributed by atoms with Crippen molar-refractivity contribution >= 4 is 7.82 Å². The minimum Gasteiger partial charge on any atom is -0.382 e. The lowest BCUT2D eigenvalue weighted by Gasteiger charge is -2.32. The molecule has 1 aromatic rings. The number of halogens is 1. The van der Waals surface area contributed by atoms with Crippen LogP contribution < -0.4 is 11.2 Å². The molecule has 13 heteroatoms. The van der Waals surface area contributed by atoms with Gasteiger partial charge in [-0.05, 0) is 6.92 Å². The van der Waals surface area contributed by atoms with Crippen LogP contribution in [0.15, 0.2) is 21.9 Å². The van der Waals surface area contributed by atoms with Gasteiger partial charge in [0.1, 0.15) is 18.4 Å². The molecule has 0 spiro atoms. The number of nitrogens with zero attached hydrogens (tertiary/aromatic N) is 1.